The smallest absolute Gasteiger partial charge is 0.410 e. The van der Waals surface area contributed by atoms with Crippen molar-refractivity contribution in [1.82, 2.24) is 4.90 Å². The lowest BCUT2D eigenvalue weighted by Crippen LogP contribution is -2.54. The predicted molar refractivity (Wildman–Crippen MR) is 94.3 cm³/mol. The molecule has 8 heteroatoms. The first-order valence-electron chi connectivity index (χ1n) is 8.19. The first-order valence-corrected chi connectivity index (χ1v) is 8.19. The number of nitro benzene ring substituents is 1. The van der Waals surface area contributed by atoms with Gasteiger partial charge in [-0.2, -0.15) is 0 Å². The van der Waals surface area contributed by atoms with Crippen molar-refractivity contribution in [3.05, 3.63) is 28.3 Å². The summed E-state index contributed by atoms with van der Waals surface area (Å²) in [5.74, 6) is 0.226. The van der Waals surface area contributed by atoms with Gasteiger partial charge in [0, 0.05) is 43.5 Å². The third-order valence-corrected chi connectivity index (χ3v) is 3.97. The Morgan fingerprint density at radius 2 is 2.00 bits per heavy atom. The van der Waals surface area contributed by atoms with E-state index >= 15 is 0 Å². The number of hydrogen-bond donors (Lipinski definition) is 0. The largest absolute Gasteiger partial charge is 0.490 e. The molecule has 1 atom stereocenters. The van der Waals surface area contributed by atoms with Gasteiger partial charge in [0.2, 0.25) is 0 Å². The number of hydrogen-bond acceptors (Lipinski definition) is 6. The van der Waals surface area contributed by atoms with E-state index in [4.69, 9.17) is 9.47 Å². The average molecular weight is 351 g/mol. The van der Waals surface area contributed by atoms with E-state index in [0.717, 1.165) is 5.69 Å². The van der Waals surface area contributed by atoms with Crippen molar-refractivity contribution >= 4 is 17.5 Å². The molecule has 0 radical (unpaired) electrons. The summed E-state index contributed by atoms with van der Waals surface area (Å²) in [6, 6.07) is 4.87. The van der Waals surface area contributed by atoms with Gasteiger partial charge in [-0.3, -0.25) is 10.1 Å². The maximum Gasteiger partial charge on any atom is 0.410 e. The van der Waals surface area contributed by atoms with E-state index < -0.39 is 10.5 Å². The van der Waals surface area contributed by atoms with Crippen molar-refractivity contribution in [2.24, 2.45) is 0 Å². The van der Waals surface area contributed by atoms with Crippen LogP contribution in [0.25, 0.3) is 0 Å². The molecular weight excluding hydrogens is 326 g/mol. The summed E-state index contributed by atoms with van der Waals surface area (Å²) in [5.41, 5.74) is 0.244. The van der Waals surface area contributed by atoms with Gasteiger partial charge in [0.15, 0.2) is 5.75 Å². The van der Waals surface area contributed by atoms with Crippen molar-refractivity contribution in [3.8, 4) is 5.75 Å². The number of nitrogens with zero attached hydrogens (tertiary/aromatic N) is 3. The van der Waals surface area contributed by atoms with Crippen LogP contribution in [0.15, 0.2) is 18.2 Å². The molecule has 0 spiro atoms. The normalized spacial score (nSPS) is 18.0. The number of carbonyl (C=O) groups is 1. The molecule has 0 aliphatic carbocycles. The molecule has 0 bridgehead atoms. The summed E-state index contributed by atoms with van der Waals surface area (Å²) >= 11 is 0. The first kappa shape index (κ1) is 18.8. The van der Waals surface area contributed by atoms with E-state index in [1.165, 1.54) is 13.2 Å². The molecule has 0 unspecified atom stereocenters. The number of amides is 1. The highest BCUT2D eigenvalue weighted by molar-refractivity contribution is 5.69. The van der Waals surface area contributed by atoms with Gasteiger partial charge in [-0.1, -0.05) is 0 Å². The van der Waals surface area contributed by atoms with Gasteiger partial charge in [0.1, 0.15) is 5.60 Å². The summed E-state index contributed by atoms with van der Waals surface area (Å²) in [5, 5.41) is 11.0. The third-order valence-electron chi connectivity index (χ3n) is 3.97. The predicted octanol–water partition coefficient (Wildman–Crippen LogP) is 3.05. The van der Waals surface area contributed by atoms with Crippen LogP contribution >= 0.6 is 0 Å². The van der Waals surface area contributed by atoms with Crippen molar-refractivity contribution in [3.63, 3.8) is 0 Å². The lowest BCUT2D eigenvalue weighted by Gasteiger charge is -2.41. The van der Waals surface area contributed by atoms with Gasteiger partial charge < -0.3 is 19.3 Å². The fourth-order valence-corrected chi connectivity index (χ4v) is 2.83. The Bertz CT molecular complexity index is 656. The van der Waals surface area contributed by atoms with Crippen LogP contribution in [-0.2, 0) is 4.74 Å². The van der Waals surface area contributed by atoms with E-state index in [1.807, 2.05) is 27.7 Å². The second-order valence-electron chi connectivity index (χ2n) is 7.08. The molecular formula is C17H25N3O5. The molecule has 1 amide bonds. The highest BCUT2D eigenvalue weighted by atomic mass is 16.6. The van der Waals surface area contributed by atoms with Crippen molar-refractivity contribution in [2.75, 3.05) is 31.6 Å². The van der Waals surface area contributed by atoms with Gasteiger partial charge in [0.25, 0.3) is 0 Å². The van der Waals surface area contributed by atoms with Crippen LogP contribution in [0.2, 0.25) is 0 Å². The number of carbonyl (C=O) groups excluding carboxylic acids is 1. The zero-order valence-electron chi connectivity index (χ0n) is 15.3. The summed E-state index contributed by atoms with van der Waals surface area (Å²) in [7, 11) is 1.41. The zero-order chi connectivity index (χ0) is 18.8. The standard InChI is InChI=1S/C17H25N3O5/c1-12-11-18(16(21)25-17(2,3)4)8-9-19(12)13-6-7-14(20(22)23)15(10-13)24-5/h6-7,10,12H,8-9,11H2,1-5H3/t12-/m0/s1. The average Bonchev–Trinajstić information content (AvgIpc) is 2.52. The summed E-state index contributed by atoms with van der Waals surface area (Å²) in [6.45, 7) is 9.19. The second-order valence-corrected chi connectivity index (χ2v) is 7.08. The molecule has 25 heavy (non-hydrogen) atoms. The minimum absolute atomic E-state index is 0.0485. The lowest BCUT2D eigenvalue weighted by molar-refractivity contribution is -0.385. The van der Waals surface area contributed by atoms with E-state index in [-0.39, 0.29) is 23.6 Å². The van der Waals surface area contributed by atoms with Gasteiger partial charge in [-0.05, 0) is 33.8 Å². The Kier molecular flexibility index (Phi) is 5.39. The second kappa shape index (κ2) is 7.16. The molecule has 1 aromatic carbocycles. The molecule has 0 N–H and O–H groups in total. The van der Waals surface area contributed by atoms with Crippen molar-refractivity contribution in [1.29, 1.82) is 0 Å². The zero-order valence-corrected chi connectivity index (χ0v) is 15.3. The monoisotopic (exact) mass is 351 g/mol. The Balaban J connectivity index is 2.11. The van der Waals surface area contributed by atoms with Crippen LogP contribution in [0.4, 0.5) is 16.2 Å². The molecule has 1 aliphatic heterocycles. The van der Waals surface area contributed by atoms with Gasteiger partial charge >= 0.3 is 11.8 Å². The van der Waals surface area contributed by atoms with Crippen molar-refractivity contribution < 1.29 is 19.2 Å². The maximum atomic E-state index is 12.2. The fraction of sp³-hybridized carbons (Fsp3) is 0.588. The molecule has 138 valence electrons. The van der Waals surface area contributed by atoms with Gasteiger partial charge in [0.05, 0.1) is 12.0 Å². The molecule has 1 saturated heterocycles. The minimum atomic E-state index is -0.525. The Hall–Kier alpha value is -2.51. The van der Waals surface area contributed by atoms with E-state index in [2.05, 4.69) is 4.90 Å². The third kappa shape index (κ3) is 4.52. The summed E-state index contributed by atoms with van der Waals surface area (Å²) in [6.07, 6.45) is -0.319. The number of methoxy groups -OCH3 is 1. The topological polar surface area (TPSA) is 85.2 Å². The molecule has 1 fully saturated rings. The van der Waals surface area contributed by atoms with Crippen LogP contribution in [0.1, 0.15) is 27.7 Å². The Morgan fingerprint density at radius 1 is 1.32 bits per heavy atom. The number of benzene rings is 1. The highest BCUT2D eigenvalue weighted by Gasteiger charge is 2.30. The summed E-state index contributed by atoms with van der Waals surface area (Å²) < 4.78 is 10.6. The summed E-state index contributed by atoms with van der Waals surface area (Å²) in [4.78, 5) is 26.6. The highest BCUT2D eigenvalue weighted by Crippen LogP contribution is 2.32. The Morgan fingerprint density at radius 3 is 2.52 bits per heavy atom. The van der Waals surface area contributed by atoms with Crippen LogP contribution in [0.3, 0.4) is 0 Å². The fourth-order valence-electron chi connectivity index (χ4n) is 2.83. The van der Waals surface area contributed by atoms with Gasteiger partial charge in [-0.15, -0.1) is 0 Å². The Labute approximate surface area is 147 Å². The lowest BCUT2D eigenvalue weighted by atomic mass is 10.1. The molecule has 8 nitrogen and oxygen atoms in total. The number of nitro groups is 1. The van der Waals surface area contributed by atoms with Crippen LogP contribution < -0.4 is 9.64 Å². The van der Waals surface area contributed by atoms with E-state index in [0.29, 0.717) is 19.6 Å². The van der Waals surface area contributed by atoms with Crippen LogP contribution in [-0.4, -0.2) is 54.3 Å². The quantitative estimate of drug-likeness (QED) is 0.615. The van der Waals surface area contributed by atoms with E-state index in [9.17, 15) is 14.9 Å². The minimum Gasteiger partial charge on any atom is -0.490 e. The van der Waals surface area contributed by atoms with E-state index in [1.54, 1.807) is 17.0 Å². The maximum absolute atomic E-state index is 12.2. The molecule has 1 heterocycles. The molecule has 2 rings (SSSR count). The number of ether oxygens (including phenoxy) is 2. The number of rotatable bonds is 3. The van der Waals surface area contributed by atoms with Crippen molar-refractivity contribution in [2.45, 2.75) is 39.3 Å². The number of anilines is 1. The molecule has 1 aromatic rings. The van der Waals surface area contributed by atoms with Crippen LogP contribution in [0.5, 0.6) is 5.75 Å². The SMILES string of the molecule is COc1cc(N2CCN(C(=O)OC(C)(C)C)C[C@@H]2C)ccc1[N+](=O)[O-]. The number of piperazine rings is 1. The van der Waals surface area contributed by atoms with Crippen LogP contribution in [0, 0.1) is 10.1 Å². The first-order chi connectivity index (χ1) is 11.6. The molecule has 1 aliphatic rings. The molecule has 0 aromatic heterocycles. The van der Waals surface area contributed by atoms with Gasteiger partial charge in [-0.25, -0.2) is 4.79 Å². The molecule has 0 saturated carbocycles.